The Kier molecular flexibility index (Phi) is 6.54. The van der Waals surface area contributed by atoms with Crippen LogP contribution in [0.2, 0.25) is 4.34 Å². The topological polar surface area (TPSA) is 70.6 Å². The molecular formula is C19H14ClN3O2S2. The minimum atomic E-state index is -0.522. The van der Waals surface area contributed by atoms with Crippen LogP contribution in [0.15, 0.2) is 70.8 Å². The average molecular weight is 416 g/mol. The highest BCUT2D eigenvalue weighted by atomic mass is 35.5. The Labute approximate surface area is 169 Å². The number of hydrogen-bond donors (Lipinski definition) is 2. The van der Waals surface area contributed by atoms with Crippen molar-refractivity contribution in [2.75, 3.05) is 0 Å². The summed E-state index contributed by atoms with van der Waals surface area (Å²) in [6, 6.07) is 15.9. The molecule has 0 aliphatic heterocycles. The summed E-state index contributed by atoms with van der Waals surface area (Å²) < 4.78 is 0.635. The third-order valence-corrected chi connectivity index (χ3v) is 5.30. The molecule has 27 heavy (non-hydrogen) atoms. The van der Waals surface area contributed by atoms with Gasteiger partial charge in [-0.25, -0.2) is 5.43 Å². The van der Waals surface area contributed by atoms with Gasteiger partial charge in [0.05, 0.1) is 10.6 Å². The maximum Gasteiger partial charge on any atom is 0.287 e. The van der Waals surface area contributed by atoms with Crippen LogP contribution in [0.25, 0.3) is 6.08 Å². The first kappa shape index (κ1) is 19.0. The van der Waals surface area contributed by atoms with Crippen LogP contribution in [0.3, 0.4) is 0 Å². The molecular weight excluding hydrogens is 402 g/mol. The van der Waals surface area contributed by atoms with E-state index in [-0.39, 0.29) is 11.6 Å². The quantitative estimate of drug-likeness (QED) is 0.356. The number of hydrogen-bond acceptors (Lipinski definition) is 5. The number of nitrogens with zero attached hydrogens (tertiary/aromatic N) is 1. The van der Waals surface area contributed by atoms with Crippen molar-refractivity contribution < 1.29 is 9.59 Å². The van der Waals surface area contributed by atoms with Crippen LogP contribution in [0.4, 0.5) is 0 Å². The Hall–Kier alpha value is -2.74. The van der Waals surface area contributed by atoms with Crippen LogP contribution in [0.5, 0.6) is 0 Å². The summed E-state index contributed by atoms with van der Waals surface area (Å²) in [5.74, 6) is -0.894. The first-order valence-electron chi connectivity index (χ1n) is 7.82. The zero-order valence-electron chi connectivity index (χ0n) is 13.9. The molecule has 0 saturated heterocycles. The van der Waals surface area contributed by atoms with Crippen molar-refractivity contribution in [3.63, 3.8) is 0 Å². The van der Waals surface area contributed by atoms with E-state index in [2.05, 4.69) is 15.8 Å². The number of nitrogens with one attached hydrogen (secondary N) is 2. The van der Waals surface area contributed by atoms with Gasteiger partial charge in [0.15, 0.2) is 0 Å². The highest BCUT2D eigenvalue weighted by Gasteiger charge is 2.14. The van der Waals surface area contributed by atoms with Gasteiger partial charge in [-0.05, 0) is 41.8 Å². The number of carbonyl (C=O) groups excluding carboxylic acids is 2. The van der Waals surface area contributed by atoms with Crippen LogP contribution in [-0.4, -0.2) is 18.0 Å². The molecule has 3 aromatic rings. The van der Waals surface area contributed by atoms with Crippen molar-refractivity contribution in [2.24, 2.45) is 5.10 Å². The summed E-state index contributed by atoms with van der Waals surface area (Å²) in [6.45, 7) is 0. The maximum atomic E-state index is 12.5. The lowest BCUT2D eigenvalue weighted by Gasteiger charge is -2.08. The zero-order chi connectivity index (χ0) is 19.1. The molecule has 0 radical (unpaired) electrons. The first-order chi connectivity index (χ1) is 13.1. The lowest BCUT2D eigenvalue weighted by atomic mass is 10.2. The molecule has 1 aromatic carbocycles. The second-order valence-corrected chi connectivity index (χ2v) is 7.96. The molecule has 0 unspecified atom stereocenters. The van der Waals surface area contributed by atoms with Gasteiger partial charge >= 0.3 is 0 Å². The average Bonchev–Trinajstić information content (AvgIpc) is 3.33. The SMILES string of the molecule is O=C(N/N=C/c1ccc(Cl)s1)/C(=C\c1cccs1)NC(=O)c1ccccc1. The standard InChI is InChI=1S/C19H14ClN3O2S2/c20-17-9-8-15(27-17)12-21-23-19(25)16(11-14-7-4-10-26-14)22-18(24)13-5-2-1-3-6-13/h1-12H,(H,22,24)(H,23,25)/b16-11+,21-12+. The summed E-state index contributed by atoms with van der Waals surface area (Å²) in [6.07, 6.45) is 3.11. The number of thiophene rings is 2. The van der Waals surface area contributed by atoms with Gasteiger partial charge < -0.3 is 5.32 Å². The Morgan fingerprint density at radius 3 is 2.48 bits per heavy atom. The molecule has 8 heteroatoms. The minimum absolute atomic E-state index is 0.104. The number of carbonyl (C=O) groups is 2. The largest absolute Gasteiger partial charge is 0.317 e. The molecule has 5 nitrogen and oxygen atoms in total. The molecule has 0 bridgehead atoms. The van der Waals surface area contributed by atoms with E-state index in [0.29, 0.717) is 9.90 Å². The summed E-state index contributed by atoms with van der Waals surface area (Å²) in [7, 11) is 0. The van der Waals surface area contributed by atoms with Crippen molar-refractivity contribution in [2.45, 2.75) is 0 Å². The van der Waals surface area contributed by atoms with Gasteiger partial charge in [-0.2, -0.15) is 5.10 Å². The van der Waals surface area contributed by atoms with Gasteiger partial charge in [0.2, 0.25) is 0 Å². The first-order valence-corrected chi connectivity index (χ1v) is 9.89. The normalized spacial score (nSPS) is 11.5. The summed E-state index contributed by atoms with van der Waals surface area (Å²) in [5, 5.41) is 8.46. The molecule has 0 spiro atoms. The Morgan fingerprint density at radius 2 is 1.81 bits per heavy atom. The predicted molar refractivity (Wildman–Crippen MR) is 111 cm³/mol. The molecule has 0 saturated carbocycles. The van der Waals surface area contributed by atoms with E-state index in [1.165, 1.54) is 28.9 Å². The second kappa shape index (κ2) is 9.27. The van der Waals surface area contributed by atoms with Gasteiger partial charge in [-0.15, -0.1) is 22.7 Å². The molecule has 3 rings (SSSR count). The van der Waals surface area contributed by atoms with Gasteiger partial charge in [-0.3, -0.25) is 9.59 Å². The van der Waals surface area contributed by atoms with Gasteiger partial charge in [0.25, 0.3) is 11.8 Å². The monoisotopic (exact) mass is 415 g/mol. The van der Waals surface area contributed by atoms with Gasteiger partial charge in [0, 0.05) is 15.3 Å². The van der Waals surface area contributed by atoms with Crippen LogP contribution in [0.1, 0.15) is 20.1 Å². The number of amides is 2. The zero-order valence-corrected chi connectivity index (χ0v) is 16.3. The van der Waals surface area contributed by atoms with Crippen molar-refractivity contribution in [3.05, 3.63) is 85.3 Å². The minimum Gasteiger partial charge on any atom is -0.317 e. The van der Waals surface area contributed by atoms with Crippen molar-refractivity contribution >= 4 is 58.4 Å². The van der Waals surface area contributed by atoms with E-state index in [1.807, 2.05) is 23.6 Å². The van der Waals surface area contributed by atoms with E-state index in [4.69, 9.17) is 11.6 Å². The van der Waals surface area contributed by atoms with E-state index >= 15 is 0 Å². The molecule has 2 N–H and O–H groups in total. The fourth-order valence-electron chi connectivity index (χ4n) is 2.07. The van der Waals surface area contributed by atoms with Crippen LogP contribution < -0.4 is 10.7 Å². The molecule has 0 aliphatic carbocycles. The van der Waals surface area contributed by atoms with E-state index in [9.17, 15) is 9.59 Å². The van der Waals surface area contributed by atoms with E-state index in [1.54, 1.807) is 42.5 Å². The summed E-state index contributed by atoms with van der Waals surface area (Å²) in [4.78, 5) is 26.6. The second-order valence-electron chi connectivity index (χ2n) is 5.23. The molecule has 0 atom stereocenters. The molecule has 0 aliphatic rings. The Morgan fingerprint density at radius 1 is 1.00 bits per heavy atom. The third kappa shape index (κ3) is 5.62. The van der Waals surface area contributed by atoms with Crippen molar-refractivity contribution in [1.82, 2.24) is 10.7 Å². The number of benzene rings is 1. The molecule has 2 amide bonds. The van der Waals surface area contributed by atoms with Crippen molar-refractivity contribution in [1.29, 1.82) is 0 Å². The lowest BCUT2D eigenvalue weighted by Crippen LogP contribution is -2.32. The Bertz CT molecular complexity index is 980. The highest BCUT2D eigenvalue weighted by molar-refractivity contribution is 7.17. The summed E-state index contributed by atoms with van der Waals surface area (Å²) in [5.41, 5.74) is 2.99. The Balaban J connectivity index is 1.74. The van der Waals surface area contributed by atoms with Gasteiger partial charge in [-0.1, -0.05) is 35.9 Å². The number of hydrazone groups is 1. The molecule has 2 aromatic heterocycles. The molecule has 0 fully saturated rings. The fourth-order valence-corrected chi connectivity index (χ4v) is 3.66. The predicted octanol–water partition coefficient (Wildman–Crippen LogP) is 4.38. The smallest absolute Gasteiger partial charge is 0.287 e. The van der Waals surface area contributed by atoms with E-state index < -0.39 is 5.91 Å². The van der Waals surface area contributed by atoms with Crippen LogP contribution in [0, 0.1) is 0 Å². The fraction of sp³-hybridized carbons (Fsp3) is 0. The lowest BCUT2D eigenvalue weighted by molar-refractivity contribution is -0.117. The number of halogens is 1. The van der Waals surface area contributed by atoms with Crippen LogP contribution >= 0.6 is 34.3 Å². The molecule has 136 valence electrons. The van der Waals surface area contributed by atoms with Crippen molar-refractivity contribution in [3.8, 4) is 0 Å². The third-order valence-electron chi connectivity index (χ3n) is 3.31. The van der Waals surface area contributed by atoms with Crippen LogP contribution in [-0.2, 0) is 4.79 Å². The van der Waals surface area contributed by atoms with E-state index in [0.717, 1.165) is 9.75 Å². The summed E-state index contributed by atoms with van der Waals surface area (Å²) >= 11 is 8.66. The number of rotatable bonds is 6. The highest BCUT2D eigenvalue weighted by Crippen LogP contribution is 2.19. The maximum absolute atomic E-state index is 12.5. The molecule has 2 heterocycles. The van der Waals surface area contributed by atoms with Gasteiger partial charge in [0.1, 0.15) is 5.70 Å².